The molecule has 5 nitrogen and oxygen atoms in total. The Hall–Kier alpha value is 0.180. The highest BCUT2D eigenvalue weighted by Gasteiger charge is 2.53. The molecule has 2 aliphatic rings. The lowest BCUT2D eigenvalue weighted by atomic mass is 10.5. The molecule has 2 aliphatic heterocycles. The van der Waals surface area contributed by atoms with Gasteiger partial charge in [0.05, 0.1) is 6.54 Å². The summed E-state index contributed by atoms with van der Waals surface area (Å²) in [5.74, 6) is 0.801. The van der Waals surface area contributed by atoms with Crippen molar-refractivity contribution < 1.29 is 16.8 Å². The fraction of sp³-hybridized carbons (Fsp3) is 1.00. The van der Waals surface area contributed by atoms with Gasteiger partial charge in [-0.1, -0.05) is 11.8 Å². The normalized spacial score (nSPS) is 33.1. The first-order chi connectivity index (χ1) is 5.12. The molecule has 0 aromatic heterocycles. The molecule has 0 radical (unpaired) electrons. The minimum Gasteiger partial charge on any atom is -0.310 e. The molecule has 0 aliphatic carbocycles. The maximum absolute atomic E-state index is 10.5. The van der Waals surface area contributed by atoms with Crippen LogP contribution in [0.3, 0.4) is 0 Å². The average molecular weight is 197 g/mol. The van der Waals surface area contributed by atoms with Crippen molar-refractivity contribution >= 4 is 22.2 Å². The van der Waals surface area contributed by atoms with E-state index in [1.807, 2.05) is 0 Å². The number of hydrogen-bond acceptors (Lipinski definition) is 6. The van der Waals surface area contributed by atoms with Gasteiger partial charge in [-0.25, -0.2) is 8.37 Å². The Labute approximate surface area is 68.8 Å². The summed E-state index contributed by atoms with van der Waals surface area (Å²) in [6.45, 7) is 1.29. The second-order valence-electron chi connectivity index (χ2n) is 2.28. The molecule has 0 saturated carbocycles. The summed E-state index contributed by atoms with van der Waals surface area (Å²) in [4.78, 5) is 0. The summed E-state index contributed by atoms with van der Waals surface area (Å²) < 4.78 is 30.2. The Bertz CT molecular complexity index is 241. The van der Waals surface area contributed by atoms with Crippen molar-refractivity contribution in [2.24, 2.45) is 0 Å². The number of rotatable bonds is 0. The molecule has 0 amide bonds. The third-order valence-electron chi connectivity index (χ3n) is 1.40. The molecule has 2 heterocycles. The first kappa shape index (κ1) is 7.81. The molecular weight excluding hydrogens is 190 g/mol. The first-order valence-corrected chi connectivity index (χ1v) is 5.45. The summed E-state index contributed by atoms with van der Waals surface area (Å²) in [5.41, 5.74) is 0. The Morgan fingerprint density at radius 3 is 2.64 bits per heavy atom. The molecule has 2 fully saturated rings. The van der Waals surface area contributed by atoms with Gasteiger partial charge < -0.3 is 5.32 Å². The van der Waals surface area contributed by atoms with Crippen LogP contribution in [0.25, 0.3) is 0 Å². The van der Waals surface area contributed by atoms with Gasteiger partial charge in [-0.3, -0.25) is 0 Å². The molecule has 0 aromatic rings. The van der Waals surface area contributed by atoms with E-state index in [1.165, 1.54) is 11.8 Å². The van der Waals surface area contributed by atoms with Crippen LogP contribution in [0.1, 0.15) is 0 Å². The van der Waals surface area contributed by atoms with Crippen molar-refractivity contribution in [3.63, 3.8) is 0 Å². The van der Waals surface area contributed by atoms with Crippen LogP contribution in [0.15, 0.2) is 0 Å². The second kappa shape index (κ2) is 2.33. The second-order valence-corrected chi connectivity index (χ2v) is 4.75. The highest BCUT2D eigenvalue weighted by molar-refractivity contribution is 8.02. The summed E-state index contributed by atoms with van der Waals surface area (Å²) in [6.07, 6.45) is 0. The van der Waals surface area contributed by atoms with Crippen molar-refractivity contribution in [3.8, 4) is 0 Å². The van der Waals surface area contributed by atoms with Crippen molar-refractivity contribution in [1.82, 2.24) is 5.32 Å². The van der Waals surface area contributed by atoms with Crippen LogP contribution in [0.5, 0.6) is 0 Å². The molecule has 1 spiro atoms. The lowest BCUT2D eigenvalue weighted by molar-refractivity contribution is -0.110. The third-order valence-corrected chi connectivity index (χ3v) is 3.72. The van der Waals surface area contributed by atoms with E-state index in [4.69, 9.17) is 0 Å². The molecule has 0 unspecified atom stereocenters. The Balaban J connectivity index is 2.05. The molecule has 64 valence electrons. The van der Waals surface area contributed by atoms with Crippen molar-refractivity contribution in [2.45, 2.75) is 5.12 Å². The van der Waals surface area contributed by atoms with E-state index >= 15 is 0 Å². The fourth-order valence-electron chi connectivity index (χ4n) is 0.995. The maximum Gasteiger partial charge on any atom is 0.406 e. The predicted molar refractivity (Wildman–Crippen MR) is 39.1 cm³/mol. The Morgan fingerprint density at radius 2 is 2.18 bits per heavy atom. The zero-order chi connectivity index (χ0) is 7.95. The van der Waals surface area contributed by atoms with Gasteiger partial charge in [-0.05, 0) is 0 Å². The SMILES string of the molecule is O=S1(=O)OC2(CNCCS2)O1. The molecule has 2 saturated heterocycles. The van der Waals surface area contributed by atoms with E-state index in [-0.39, 0.29) is 0 Å². The molecule has 0 bridgehead atoms. The lowest BCUT2D eigenvalue weighted by Crippen LogP contribution is -2.57. The summed E-state index contributed by atoms with van der Waals surface area (Å²) in [6, 6.07) is 0. The van der Waals surface area contributed by atoms with Crippen LogP contribution in [-0.4, -0.2) is 32.4 Å². The van der Waals surface area contributed by atoms with Crippen LogP contribution >= 0.6 is 11.8 Å². The van der Waals surface area contributed by atoms with Gasteiger partial charge in [0.2, 0.25) is 0 Å². The zero-order valence-corrected chi connectivity index (χ0v) is 7.20. The molecule has 7 heteroatoms. The lowest BCUT2D eigenvalue weighted by Gasteiger charge is -2.40. The van der Waals surface area contributed by atoms with Gasteiger partial charge in [-0.15, -0.1) is 0 Å². The molecule has 0 aromatic carbocycles. The largest absolute Gasteiger partial charge is 0.406 e. The van der Waals surface area contributed by atoms with Gasteiger partial charge in [-0.2, -0.15) is 8.42 Å². The quantitative estimate of drug-likeness (QED) is 0.552. The number of nitrogens with one attached hydrogen (secondary N) is 1. The summed E-state index contributed by atoms with van der Waals surface area (Å²) in [5, 5.41) is 2.03. The number of hydrogen-bond donors (Lipinski definition) is 1. The van der Waals surface area contributed by atoms with Crippen molar-refractivity contribution in [1.29, 1.82) is 0 Å². The van der Waals surface area contributed by atoms with Gasteiger partial charge in [0.25, 0.3) is 5.12 Å². The highest BCUT2D eigenvalue weighted by Crippen LogP contribution is 2.41. The minimum absolute atomic E-state index is 0.427. The highest BCUT2D eigenvalue weighted by atomic mass is 32.3. The third kappa shape index (κ3) is 1.38. The minimum atomic E-state index is -3.65. The van der Waals surface area contributed by atoms with E-state index in [0.717, 1.165) is 12.3 Å². The van der Waals surface area contributed by atoms with Crippen LogP contribution < -0.4 is 5.32 Å². The molecular formula is C4H7NO4S2. The van der Waals surface area contributed by atoms with Crippen LogP contribution in [0.2, 0.25) is 0 Å². The molecule has 0 atom stereocenters. The van der Waals surface area contributed by atoms with E-state index in [0.29, 0.717) is 6.54 Å². The average Bonchev–Trinajstić information content (AvgIpc) is 1.85. The van der Waals surface area contributed by atoms with Crippen molar-refractivity contribution in [3.05, 3.63) is 0 Å². The van der Waals surface area contributed by atoms with E-state index in [9.17, 15) is 8.42 Å². The zero-order valence-electron chi connectivity index (χ0n) is 5.57. The topological polar surface area (TPSA) is 64.6 Å². The smallest absolute Gasteiger partial charge is 0.310 e. The van der Waals surface area contributed by atoms with Crippen molar-refractivity contribution in [2.75, 3.05) is 18.8 Å². The first-order valence-electron chi connectivity index (χ1n) is 3.13. The van der Waals surface area contributed by atoms with Gasteiger partial charge >= 0.3 is 10.4 Å². The molecule has 2 rings (SSSR count). The maximum atomic E-state index is 10.5. The van der Waals surface area contributed by atoms with Gasteiger partial charge in [0.15, 0.2) is 0 Å². The molecule has 1 N–H and O–H groups in total. The predicted octanol–water partition coefficient (Wildman–Crippen LogP) is -0.732. The fourth-order valence-corrected chi connectivity index (χ4v) is 3.39. The van der Waals surface area contributed by atoms with Gasteiger partial charge in [0, 0.05) is 12.3 Å². The van der Waals surface area contributed by atoms with Crippen LogP contribution in [0, 0.1) is 0 Å². The Kier molecular flexibility index (Phi) is 1.66. The van der Waals surface area contributed by atoms with Crippen LogP contribution in [0.4, 0.5) is 0 Å². The van der Waals surface area contributed by atoms with Crippen LogP contribution in [-0.2, 0) is 18.8 Å². The summed E-state index contributed by atoms with van der Waals surface area (Å²) in [7, 11) is -3.65. The van der Waals surface area contributed by atoms with E-state index < -0.39 is 15.5 Å². The molecule has 11 heavy (non-hydrogen) atoms. The van der Waals surface area contributed by atoms with Gasteiger partial charge in [0.1, 0.15) is 0 Å². The monoisotopic (exact) mass is 197 g/mol. The standard InChI is InChI=1S/C4H7NO4S2/c6-11(7)8-4(9-11)3-5-1-2-10-4/h5H,1-3H2. The van der Waals surface area contributed by atoms with E-state index in [2.05, 4.69) is 13.7 Å². The number of thioether (sulfide) groups is 1. The Morgan fingerprint density at radius 1 is 1.45 bits per heavy atom. The van der Waals surface area contributed by atoms with E-state index in [1.54, 1.807) is 0 Å². The summed E-state index contributed by atoms with van der Waals surface area (Å²) >= 11 is 1.37.